The Morgan fingerprint density at radius 1 is 0.414 bits per heavy atom. The Labute approximate surface area is 592 Å². The van der Waals surface area contributed by atoms with Gasteiger partial charge < -0.3 is 89.1 Å². The van der Waals surface area contributed by atoms with Crippen molar-refractivity contribution in [3.05, 3.63) is 24.3 Å². The van der Waals surface area contributed by atoms with Crippen molar-refractivity contribution in [2.24, 2.45) is 5.92 Å². The summed E-state index contributed by atoms with van der Waals surface area (Å²) < 4.78 is 65.1. The lowest BCUT2D eigenvalue weighted by Gasteiger charge is -2.49. The first kappa shape index (κ1) is 90.7. The van der Waals surface area contributed by atoms with Gasteiger partial charge in [-0.25, -0.2) is 4.57 Å². The van der Waals surface area contributed by atoms with Crippen molar-refractivity contribution in [3.63, 3.8) is 0 Å². The molecule has 19 unspecified atom stereocenters. The molecular weight excluding hydrogens is 1300 g/mol. The van der Waals surface area contributed by atoms with Gasteiger partial charge in [-0.1, -0.05) is 225 Å². The van der Waals surface area contributed by atoms with Gasteiger partial charge in [0.25, 0.3) is 0 Å². The number of rotatable bonds is 59. The van der Waals surface area contributed by atoms with Gasteiger partial charge in [-0.3, -0.25) is 23.4 Å². The molecule has 0 amide bonds. The third-order valence-electron chi connectivity index (χ3n) is 19.1. The fourth-order valence-corrected chi connectivity index (χ4v) is 13.7. The highest BCUT2D eigenvalue weighted by atomic mass is 31.2. The van der Waals surface area contributed by atoms with Crippen molar-refractivity contribution in [2.75, 3.05) is 26.4 Å². The maximum Gasteiger partial charge on any atom is 0.472 e. The summed E-state index contributed by atoms with van der Waals surface area (Å²) in [6.45, 7) is 5.73. The Morgan fingerprint density at radius 3 is 1.20 bits per heavy atom. The molecule has 1 aliphatic carbocycles. The predicted molar refractivity (Wildman–Crippen MR) is 374 cm³/mol. The van der Waals surface area contributed by atoms with Crippen molar-refractivity contribution in [1.29, 1.82) is 0 Å². The number of ether oxygens (including phenoxy) is 7. The Bertz CT molecular complexity index is 2160. The molecule has 580 valence electrons. The van der Waals surface area contributed by atoms with Crippen LogP contribution in [-0.4, -0.2) is 204 Å². The smallest absolute Gasteiger partial charge is 0.463 e. The number of carbonyl (C=O) groups excluding carboxylic acids is 3. The highest BCUT2D eigenvalue weighted by Crippen LogP contribution is 2.49. The van der Waals surface area contributed by atoms with Crippen molar-refractivity contribution >= 4 is 25.7 Å². The Morgan fingerprint density at radius 2 is 0.768 bits per heavy atom. The maximum atomic E-state index is 14.4. The minimum Gasteiger partial charge on any atom is -0.463 e. The summed E-state index contributed by atoms with van der Waals surface area (Å²) in [7, 11) is -5.70. The quantitative estimate of drug-likeness (QED) is 0.00886. The molecule has 0 radical (unpaired) electrons. The fraction of sp³-hybridized carbons (Fsp3) is 0.905. The minimum absolute atomic E-state index is 0.00756. The normalized spacial score (nSPS) is 27.9. The molecule has 24 nitrogen and oxygen atoms in total. The van der Waals surface area contributed by atoms with Crippen molar-refractivity contribution in [3.8, 4) is 0 Å². The minimum atomic E-state index is -5.70. The number of hydrogen-bond acceptors (Lipinski definition) is 23. The summed E-state index contributed by atoms with van der Waals surface area (Å²) in [5.41, 5.74) is 0. The zero-order valence-corrected chi connectivity index (χ0v) is 61.6. The number of phosphoric ester groups is 1. The summed E-state index contributed by atoms with van der Waals surface area (Å²) in [4.78, 5) is 51.1. The monoisotopic (exact) mass is 1440 g/mol. The summed E-state index contributed by atoms with van der Waals surface area (Å²) in [6, 6.07) is 0. The number of hydrogen-bond donors (Lipinski definition) is 11. The number of unbranched alkanes of at least 4 members (excludes halogenated alkanes) is 30. The number of carbonyl (C=O) groups is 3. The largest absolute Gasteiger partial charge is 0.472 e. The second-order valence-electron chi connectivity index (χ2n) is 28.0. The van der Waals surface area contributed by atoms with E-state index in [9.17, 15) is 74.9 Å². The van der Waals surface area contributed by atoms with Crippen LogP contribution in [-0.2, 0) is 61.2 Å². The topological polar surface area (TPSA) is 374 Å². The molecular formula is C74H135O24P. The van der Waals surface area contributed by atoms with E-state index < -0.39 is 156 Å². The third kappa shape index (κ3) is 38.3. The van der Waals surface area contributed by atoms with E-state index in [1.807, 2.05) is 0 Å². The first-order valence-electron chi connectivity index (χ1n) is 38.5. The number of aliphatic hydroxyl groups excluding tert-OH is 10. The van der Waals surface area contributed by atoms with Gasteiger partial charge in [0.15, 0.2) is 18.7 Å². The summed E-state index contributed by atoms with van der Waals surface area (Å²) in [5, 5.41) is 110. The van der Waals surface area contributed by atoms with Gasteiger partial charge in [0.2, 0.25) is 0 Å². The van der Waals surface area contributed by atoms with Crippen LogP contribution in [0.2, 0.25) is 0 Å². The molecule has 3 fully saturated rings. The van der Waals surface area contributed by atoms with Crippen LogP contribution in [0.15, 0.2) is 24.3 Å². The Kier molecular flexibility index (Phi) is 50.3. The molecule has 1 saturated carbocycles. The van der Waals surface area contributed by atoms with Crippen molar-refractivity contribution in [2.45, 2.75) is 395 Å². The predicted octanol–water partition coefficient (Wildman–Crippen LogP) is 10.8. The third-order valence-corrected chi connectivity index (χ3v) is 20.1. The molecule has 0 spiro atoms. The van der Waals surface area contributed by atoms with Crippen LogP contribution in [0.5, 0.6) is 0 Å². The lowest BCUT2D eigenvalue weighted by Crippen LogP contribution is -2.69. The van der Waals surface area contributed by atoms with Gasteiger partial charge in [-0.2, -0.15) is 0 Å². The van der Waals surface area contributed by atoms with Gasteiger partial charge in [0.1, 0.15) is 98.7 Å². The zero-order valence-electron chi connectivity index (χ0n) is 60.7. The lowest BCUT2D eigenvalue weighted by molar-refractivity contribution is -0.360. The average Bonchev–Trinajstić information content (AvgIpc) is 0.761. The van der Waals surface area contributed by atoms with E-state index in [1.54, 1.807) is 0 Å². The first-order chi connectivity index (χ1) is 47.7. The van der Waals surface area contributed by atoms with Gasteiger partial charge in [-0.05, 0) is 76.5 Å². The van der Waals surface area contributed by atoms with E-state index in [4.69, 9.17) is 42.2 Å². The van der Waals surface area contributed by atoms with E-state index >= 15 is 0 Å². The molecule has 0 bridgehead atoms. The van der Waals surface area contributed by atoms with E-state index in [-0.39, 0.29) is 19.3 Å². The van der Waals surface area contributed by atoms with E-state index in [0.717, 1.165) is 96.3 Å². The Balaban J connectivity index is 1.75. The highest BCUT2D eigenvalue weighted by molar-refractivity contribution is 7.47. The molecule has 25 heteroatoms. The molecule has 2 aliphatic heterocycles. The molecule has 3 rings (SSSR count). The lowest BCUT2D eigenvalue weighted by atomic mass is 9.84. The molecule has 19 atom stereocenters. The second-order valence-corrected chi connectivity index (χ2v) is 29.4. The van der Waals surface area contributed by atoms with E-state index in [2.05, 4.69) is 52.0 Å². The molecule has 0 aromatic heterocycles. The van der Waals surface area contributed by atoms with E-state index in [0.29, 0.717) is 25.2 Å². The number of aliphatic hydroxyl groups is 10. The van der Waals surface area contributed by atoms with Gasteiger partial charge in [0, 0.05) is 19.3 Å². The van der Waals surface area contributed by atoms with Crippen LogP contribution in [0, 0.1) is 5.92 Å². The molecule has 3 aliphatic rings. The van der Waals surface area contributed by atoms with Crippen LogP contribution in [0.3, 0.4) is 0 Å². The van der Waals surface area contributed by atoms with Gasteiger partial charge in [-0.15, -0.1) is 0 Å². The number of esters is 3. The molecule has 0 aromatic rings. The number of allylic oxidation sites excluding steroid dienone is 4. The van der Waals surface area contributed by atoms with Crippen LogP contribution in [0.25, 0.3) is 0 Å². The van der Waals surface area contributed by atoms with Crippen LogP contribution in [0.1, 0.15) is 291 Å². The van der Waals surface area contributed by atoms with Crippen LogP contribution >= 0.6 is 7.82 Å². The first-order valence-corrected chi connectivity index (χ1v) is 40.0. The highest BCUT2D eigenvalue weighted by Gasteiger charge is 2.58. The number of phosphoric acid groups is 1. The second kappa shape index (κ2) is 55.0. The summed E-state index contributed by atoms with van der Waals surface area (Å²) >= 11 is 0. The van der Waals surface area contributed by atoms with Gasteiger partial charge >= 0.3 is 25.7 Å². The standard InChI is InChI=1S/C74H135O24P/c1-5-8-11-14-17-19-21-23-25-27-29-31-37-42-47-58(76)90-51-55(93-60(78)49-44-39-34-33-36-41-46-54(4)45-40-35-16-13-10-7-3)52-92-99(88,89)98-72-70(96-73-68(86)63(81)61(79)56(50-75)94-73)66(84)65(83)67(85)71(72)97-74-69(87)64(82)62(80)57(95-74)53-91-59(77)48-43-38-32-30-28-26-24-22-20-18-15-12-9-6-2/h25-28,54-57,61-75,79-87H,5-24,29-53H2,1-4H3,(H,88,89)/b27-25-,28-26-. The molecule has 2 saturated heterocycles. The summed E-state index contributed by atoms with van der Waals surface area (Å²) in [6.07, 6.45) is 13.9. The molecule has 2 heterocycles. The van der Waals surface area contributed by atoms with E-state index in [1.165, 1.54) is 128 Å². The van der Waals surface area contributed by atoms with Crippen LogP contribution in [0.4, 0.5) is 0 Å². The van der Waals surface area contributed by atoms with Crippen molar-refractivity contribution < 1.29 is 117 Å². The summed E-state index contributed by atoms with van der Waals surface area (Å²) in [5.74, 6) is -1.34. The molecule has 11 N–H and O–H groups in total. The Hall–Kier alpha value is -2.56. The fourth-order valence-electron chi connectivity index (χ4n) is 12.7. The maximum absolute atomic E-state index is 14.4. The zero-order chi connectivity index (χ0) is 72.6. The van der Waals surface area contributed by atoms with Crippen LogP contribution < -0.4 is 0 Å². The molecule has 0 aromatic carbocycles. The van der Waals surface area contributed by atoms with Crippen molar-refractivity contribution in [1.82, 2.24) is 0 Å². The van der Waals surface area contributed by atoms with Gasteiger partial charge in [0.05, 0.1) is 13.2 Å². The molecule has 99 heavy (non-hydrogen) atoms. The average molecular weight is 1440 g/mol. The SMILES string of the molecule is CCCCCCCCC/C=C\CCCCCC(=O)OCC(COP(=O)(O)OC1C(OC2OC(CO)C(O)C(O)C2O)C(O)C(O)C(O)C1OC1OC(COC(=O)CCCCC/C=C\CCCCCCCCC)C(O)C(O)C1O)OC(=O)CCCCCCCCC(C)CCCCCCCC.